The quantitative estimate of drug-likeness (QED) is 0.607. The standard InChI is InChI=1S/C20H27N3O5S/c1-13(15-7-6-8-17(11-15)23-29(5,25)26)21-20(24)22-14(2)16-9-10-18(27-3)19(12-16)28-4/h6-14,23H,1-5H3,(H2,21,22,24)/t13-,14+/m0/s1. The molecule has 0 unspecified atom stereocenters. The lowest BCUT2D eigenvalue weighted by Crippen LogP contribution is -2.38. The maximum Gasteiger partial charge on any atom is 0.315 e. The minimum absolute atomic E-state index is 0.264. The van der Waals surface area contributed by atoms with E-state index in [9.17, 15) is 13.2 Å². The topological polar surface area (TPSA) is 106 Å². The number of benzene rings is 2. The number of hydrogen-bond donors (Lipinski definition) is 3. The van der Waals surface area contributed by atoms with Crippen LogP contribution in [0.15, 0.2) is 42.5 Å². The van der Waals surface area contributed by atoms with Crippen LogP contribution >= 0.6 is 0 Å². The smallest absolute Gasteiger partial charge is 0.315 e. The monoisotopic (exact) mass is 421 g/mol. The molecular weight excluding hydrogens is 394 g/mol. The highest BCUT2D eigenvalue weighted by atomic mass is 32.2. The van der Waals surface area contributed by atoms with E-state index < -0.39 is 10.0 Å². The Morgan fingerprint density at radius 2 is 1.48 bits per heavy atom. The maximum atomic E-state index is 12.4. The van der Waals surface area contributed by atoms with E-state index in [1.165, 1.54) is 0 Å². The normalized spacial score (nSPS) is 13.1. The zero-order chi connectivity index (χ0) is 21.6. The van der Waals surface area contributed by atoms with Gasteiger partial charge in [0, 0.05) is 5.69 Å². The molecule has 9 heteroatoms. The molecule has 2 aromatic carbocycles. The number of urea groups is 1. The predicted molar refractivity (Wildman–Crippen MR) is 113 cm³/mol. The van der Waals surface area contributed by atoms with E-state index in [-0.39, 0.29) is 18.1 Å². The molecule has 2 rings (SSSR count). The second kappa shape index (κ2) is 9.51. The summed E-state index contributed by atoms with van der Waals surface area (Å²) in [6.45, 7) is 3.68. The zero-order valence-electron chi connectivity index (χ0n) is 17.1. The van der Waals surface area contributed by atoms with Crippen LogP contribution in [0.1, 0.15) is 37.1 Å². The Kier molecular flexibility index (Phi) is 7.33. The lowest BCUT2D eigenvalue weighted by Gasteiger charge is -2.20. The van der Waals surface area contributed by atoms with Gasteiger partial charge in [0.2, 0.25) is 10.0 Å². The minimum atomic E-state index is -3.37. The number of carbonyl (C=O) groups is 1. The van der Waals surface area contributed by atoms with E-state index in [4.69, 9.17) is 9.47 Å². The summed E-state index contributed by atoms with van der Waals surface area (Å²) >= 11 is 0. The predicted octanol–water partition coefficient (Wildman–Crippen LogP) is 3.20. The first-order valence-electron chi connectivity index (χ1n) is 8.99. The highest BCUT2D eigenvalue weighted by Gasteiger charge is 2.15. The fraction of sp³-hybridized carbons (Fsp3) is 0.350. The Hall–Kier alpha value is -2.94. The Labute approximate surface area is 171 Å². The van der Waals surface area contributed by atoms with Crippen LogP contribution in [0.4, 0.5) is 10.5 Å². The summed E-state index contributed by atoms with van der Waals surface area (Å²) in [7, 11) is -0.249. The number of amides is 2. The van der Waals surface area contributed by atoms with Crippen molar-refractivity contribution in [2.75, 3.05) is 25.2 Å². The van der Waals surface area contributed by atoms with Crippen molar-refractivity contribution in [3.05, 3.63) is 53.6 Å². The van der Waals surface area contributed by atoms with E-state index in [1.807, 2.05) is 32.0 Å². The third-order valence-corrected chi connectivity index (χ3v) is 4.90. The van der Waals surface area contributed by atoms with Crippen molar-refractivity contribution in [2.24, 2.45) is 0 Å². The number of nitrogens with one attached hydrogen (secondary N) is 3. The molecule has 158 valence electrons. The van der Waals surface area contributed by atoms with E-state index >= 15 is 0 Å². The molecule has 29 heavy (non-hydrogen) atoms. The summed E-state index contributed by atoms with van der Waals surface area (Å²) in [5.74, 6) is 1.20. The van der Waals surface area contributed by atoms with Gasteiger partial charge in [0.15, 0.2) is 11.5 Å². The highest BCUT2D eigenvalue weighted by Crippen LogP contribution is 2.29. The van der Waals surface area contributed by atoms with E-state index in [1.54, 1.807) is 38.5 Å². The van der Waals surface area contributed by atoms with Gasteiger partial charge in [0.1, 0.15) is 0 Å². The fourth-order valence-electron chi connectivity index (χ4n) is 2.81. The Bertz CT molecular complexity index is 962. The molecule has 2 aromatic rings. The molecule has 0 saturated carbocycles. The van der Waals surface area contributed by atoms with Gasteiger partial charge in [0.05, 0.1) is 32.6 Å². The van der Waals surface area contributed by atoms with Gasteiger partial charge in [-0.25, -0.2) is 13.2 Å². The Morgan fingerprint density at radius 1 is 0.897 bits per heavy atom. The molecule has 2 amide bonds. The lowest BCUT2D eigenvalue weighted by atomic mass is 10.1. The largest absolute Gasteiger partial charge is 0.493 e. The van der Waals surface area contributed by atoms with Crippen LogP contribution in [-0.2, 0) is 10.0 Å². The average Bonchev–Trinajstić information content (AvgIpc) is 2.66. The Balaban J connectivity index is 2.02. The molecule has 0 aliphatic carbocycles. The van der Waals surface area contributed by atoms with Crippen LogP contribution in [0.25, 0.3) is 0 Å². The number of hydrogen-bond acceptors (Lipinski definition) is 5. The van der Waals surface area contributed by atoms with Crippen molar-refractivity contribution in [3.8, 4) is 11.5 Å². The third kappa shape index (κ3) is 6.56. The molecule has 0 bridgehead atoms. The molecule has 0 radical (unpaired) electrons. The van der Waals surface area contributed by atoms with Crippen LogP contribution in [0.5, 0.6) is 11.5 Å². The van der Waals surface area contributed by atoms with Gasteiger partial charge in [-0.15, -0.1) is 0 Å². The fourth-order valence-corrected chi connectivity index (χ4v) is 3.36. The van der Waals surface area contributed by atoms with Crippen molar-refractivity contribution < 1.29 is 22.7 Å². The molecule has 0 heterocycles. The van der Waals surface area contributed by atoms with Gasteiger partial charge in [-0.2, -0.15) is 0 Å². The van der Waals surface area contributed by atoms with Crippen LogP contribution in [0.3, 0.4) is 0 Å². The third-order valence-electron chi connectivity index (χ3n) is 4.29. The zero-order valence-corrected chi connectivity index (χ0v) is 18.0. The first-order valence-corrected chi connectivity index (χ1v) is 10.9. The first-order chi connectivity index (χ1) is 13.6. The minimum Gasteiger partial charge on any atom is -0.493 e. The summed E-state index contributed by atoms with van der Waals surface area (Å²) in [6, 6.07) is 11.4. The summed E-state index contributed by atoms with van der Waals surface area (Å²) in [5.41, 5.74) is 2.08. The number of methoxy groups -OCH3 is 2. The number of anilines is 1. The summed E-state index contributed by atoms with van der Waals surface area (Å²) in [6.07, 6.45) is 1.09. The van der Waals surface area contributed by atoms with Crippen molar-refractivity contribution >= 4 is 21.7 Å². The maximum absolute atomic E-state index is 12.4. The van der Waals surface area contributed by atoms with Gasteiger partial charge in [-0.1, -0.05) is 18.2 Å². The van der Waals surface area contributed by atoms with Crippen molar-refractivity contribution in [3.63, 3.8) is 0 Å². The molecule has 2 atom stereocenters. The van der Waals surface area contributed by atoms with Gasteiger partial charge in [0.25, 0.3) is 0 Å². The second-order valence-corrected chi connectivity index (χ2v) is 8.42. The Morgan fingerprint density at radius 3 is 2.03 bits per heavy atom. The SMILES string of the molecule is COc1ccc([C@@H](C)NC(=O)N[C@@H](C)c2cccc(NS(C)(=O)=O)c2)cc1OC. The highest BCUT2D eigenvalue weighted by molar-refractivity contribution is 7.92. The van der Waals surface area contributed by atoms with Gasteiger partial charge in [-0.3, -0.25) is 4.72 Å². The van der Waals surface area contributed by atoms with Crippen LogP contribution in [-0.4, -0.2) is 34.9 Å². The van der Waals surface area contributed by atoms with Crippen LogP contribution in [0.2, 0.25) is 0 Å². The van der Waals surface area contributed by atoms with Gasteiger partial charge < -0.3 is 20.1 Å². The van der Waals surface area contributed by atoms with Crippen molar-refractivity contribution in [1.29, 1.82) is 0 Å². The molecule has 8 nitrogen and oxygen atoms in total. The van der Waals surface area contributed by atoms with E-state index in [2.05, 4.69) is 15.4 Å². The lowest BCUT2D eigenvalue weighted by molar-refractivity contribution is 0.235. The number of ether oxygens (including phenoxy) is 2. The van der Waals surface area contributed by atoms with Crippen LogP contribution < -0.4 is 24.8 Å². The van der Waals surface area contributed by atoms with Gasteiger partial charge >= 0.3 is 6.03 Å². The van der Waals surface area contributed by atoms with E-state index in [0.29, 0.717) is 17.2 Å². The molecule has 0 aliphatic heterocycles. The second-order valence-electron chi connectivity index (χ2n) is 6.68. The number of sulfonamides is 1. The summed E-state index contributed by atoms with van der Waals surface area (Å²) < 4.78 is 35.7. The molecule has 0 aliphatic rings. The van der Waals surface area contributed by atoms with Crippen LogP contribution in [0, 0.1) is 0 Å². The molecule has 0 saturated heterocycles. The van der Waals surface area contributed by atoms with E-state index in [0.717, 1.165) is 17.4 Å². The molecule has 0 spiro atoms. The molecular formula is C20H27N3O5S. The van der Waals surface area contributed by atoms with Crippen molar-refractivity contribution in [1.82, 2.24) is 10.6 Å². The first kappa shape index (κ1) is 22.4. The number of rotatable bonds is 8. The molecule has 0 aromatic heterocycles. The summed E-state index contributed by atoms with van der Waals surface area (Å²) in [5, 5.41) is 5.74. The number of carbonyl (C=O) groups excluding carboxylic acids is 1. The van der Waals surface area contributed by atoms with Gasteiger partial charge in [-0.05, 0) is 49.2 Å². The molecule has 0 fully saturated rings. The molecule has 3 N–H and O–H groups in total. The average molecular weight is 422 g/mol. The van der Waals surface area contributed by atoms with Crippen molar-refractivity contribution in [2.45, 2.75) is 25.9 Å². The summed E-state index contributed by atoms with van der Waals surface area (Å²) in [4.78, 5) is 12.4.